The van der Waals surface area contributed by atoms with Crippen molar-refractivity contribution < 1.29 is 14.3 Å². The minimum Gasteiger partial charge on any atom is -0.469 e. The van der Waals surface area contributed by atoms with Crippen LogP contribution in [0.25, 0.3) is 0 Å². The number of nitrogens with one attached hydrogen (secondary N) is 1. The molecule has 2 aliphatic rings. The summed E-state index contributed by atoms with van der Waals surface area (Å²) in [5.74, 6) is 1.55. The highest BCUT2D eigenvalue weighted by Gasteiger charge is 2.29. The Hall–Kier alpha value is -1.34. The summed E-state index contributed by atoms with van der Waals surface area (Å²) < 4.78 is 10.4. The van der Waals surface area contributed by atoms with E-state index in [0.29, 0.717) is 12.0 Å². The summed E-state index contributed by atoms with van der Waals surface area (Å²) in [6.07, 6.45) is 4.02. The molecular formula is C20H38N4O3. The molecule has 27 heavy (non-hydrogen) atoms. The molecule has 156 valence electrons. The van der Waals surface area contributed by atoms with Gasteiger partial charge in [-0.3, -0.25) is 14.7 Å². The molecule has 2 saturated heterocycles. The van der Waals surface area contributed by atoms with Gasteiger partial charge in [0.2, 0.25) is 0 Å². The van der Waals surface area contributed by atoms with Crippen molar-refractivity contribution in [3.8, 4) is 0 Å². The first kappa shape index (κ1) is 22.0. The maximum Gasteiger partial charge on any atom is 0.308 e. The molecule has 2 heterocycles. The van der Waals surface area contributed by atoms with Gasteiger partial charge in [-0.2, -0.15) is 0 Å². The van der Waals surface area contributed by atoms with E-state index in [0.717, 1.165) is 64.7 Å². The van der Waals surface area contributed by atoms with Crippen LogP contribution in [-0.4, -0.2) is 87.9 Å². The second kappa shape index (κ2) is 11.5. The molecule has 1 N–H and O–H groups in total. The summed E-state index contributed by atoms with van der Waals surface area (Å²) in [4.78, 5) is 21.1. The SMILES string of the molecule is CCC(CC)C(CNC(=NC)N1CCC(C(=O)OC)CC1)N1CCOCC1. The van der Waals surface area contributed by atoms with Crippen LogP contribution in [0.1, 0.15) is 39.5 Å². The van der Waals surface area contributed by atoms with Gasteiger partial charge in [-0.05, 0) is 18.8 Å². The van der Waals surface area contributed by atoms with Crippen molar-refractivity contribution in [3.63, 3.8) is 0 Å². The number of morpholine rings is 1. The first-order chi connectivity index (χ1) is 13.1. The van der Waals surface area contributed by atoms with Gasteiger partial charge in [0, 0.05) is 45.8 Å². The summed E-state index contributed by atoms with van der Waals surface area (Å²) in [5.41, 5.74) is 0. The molecule has 0 aromatic rings. The Morgan fingerprint density at radius 2 is 1.81 bits per heavy atom. The van der Waals surface area contributed by atoms with E-state index in [-0.39, 0.29) is 11.9 Å². The van der Waals surface area contributed by atoms with E-state index >= 15 is 0 Å². The maximum atomic E-state index is 11.7. The van der Waals surface area contributed by atoms with Crippen molar-refractivity contribution in [1.29, 1.82) is 0 Å². The van der Waals surface area contributed by atoms with E-state index in [9.17, 15) is 4.79 Å². The number of carbonyl (C=O) groups excluding carboxylic acids is 1. The van der Waals surface area contributed by atoms with Crippen molar-refractivity contribution in [1.82, 2.24) is 15.1 Å². The Labute approximate surface area is 164 Å². The smallest absolute Gasteiger partial charge is 0.308 e. The third-order valence-corrected chi connectivity index (χ3v) is 6.12. The molecule has 1 unspecified atom stereocenters. The second-order valence-electron chi connectivity index (χ2n) is 7.50. The zero-order valence-electron chi connectivity index (χ0n) is 17.6. The fourth-order valence-corrected chi connectivity index (χ4v) is 4.36. The zero-order valence-corrected chi connectivity index (χ0v) is 17.6. The summed E-state index contributed by atoms with van der Waals surface area (Å²) in [7, 11) is 3.31. The molecule has 7 nitrogen and oxygen atoms in total. The third-order valence-electron chi connectivity index (χ3n) is 6.12. The summed E-state index contributed by atoms with van der Waals surface area (Å²) in [6.45, 7) is 10.8. The Morgan fingerprint density at radius 1 is 1.19 bits per heavy atom. The molecule has 0 aromatic carbocycles. The Morgan fingerprint density at radius 3 is 2.33 bits per heavy atom. The second-order valence-corrected chi connectivity index (χ2v) is 7.50. The normalized spacial score (nSPS) is 21.4. The Bertz CT molecular complexity index is 468. The predicted molar refractivity (Wildman–Crippen MR) is 108 cm³/mol. The van der Waals surface area contributed by atoms with Gasteiger partial charge in [-0.1, -0.05) is 26.7 Å². The van der Waals surface area contributed by atoms with Crippen LogP contribution in [0, 0.1) is 11.8 Å². The topological polar surface area (TPSA) is 66.4 Å². The van der Waals surface area contributed by atoms with Gasteiger partial charge in [0.1, 0.15) is 0 Å². The molecule has 0 aliphatic carbocycles. The molecule has 0 radical (unpaired) electrons. The first-order valence-corrected chi connectivity index (χ1v) is 10.5. The molecule has 0 bridgehead atoms. The van der Waals surface area contributed by atoms with Crippen LogP contribution in [-0.2, 0) is 14.3 Å². The van der Waals surface area contributed by atoms with Crippen LogP contribution in [0.4, 0.5) is 0 Å². The van der Waals surface area contributed by atoms with E-state index in [2.05, 4.69) is 34.0 Å². The summed E-state index contributed by atoms with van der Waals surface area (Å²) in [6, 6.07) is 0.494. The number of ether oxygens (including phenoxy) is 2. The standard InChI is InChI=1S/C20H38N4O3/c1-5-16(6-2)18(23-11-13-27-14-12-23)15-22-20(21-3)24-9-7-17(8-10-24)19(25)26-4/h16-18H,5-15H2,1-4H3,(H,21,22). The third kappa shape index (κ3) is 6.07. The van der Waals surface area contributed by atoms with E-state index in [1.807, 2.05) is 7.05 Å². The van der Waals surface area contributed by atoms with E-state index in [1.54, 1.807) is 0 Å². The van der Waals surface area contributed by atoms with Gasteiger partial charge >= 0.3 is 5.97 Å². The lowest BCUT2D eigenvalue weighted by molar-refractivity contribution is -0.146. The number of carbonyl (C=O) groups is 1. The largest absolute Gasteiger partial charge is 0.469 e. The van der Waals surface area contributed by atoms with Gasteiger partial charge in [-0.15, -0.1) is 0 Å². The lowest BCUT2D eigenvalue weighted by Gasteiger charge is -2.40. The van der Waals surface area contributed by atoms with Crippen LogP contribution >= 0.6 is 0 Å². The number of piperidine rings is 1. The highest BCUT2D eigenvalue weighted by molar-refractivity contribution is 5.80. The lowest BCUT2D eigenvalue weighted by atomic mass is 9.92. The molecular weight excluding hydrogens is 344 g/mol. The van der Waals surface area contributed by atoms with E-state index in [4.69, 9.17) is 9.47 Å². The molecule has 2 rings (SSSR count). The van der Waals surface area contributed by atoms with Crippen LogP contribution in [0.2, 0.25) is 0 Å². The number of hydrogen-bond donors (Lipinski definition) is 1. The van der Waals surface area contributed by atoms with Gasteiger partial charge in [0.05, 0.1) is 26.2 Å². The summed E-state index contributed by atoms with van der Waals surface area (Å²) in [5, 5.41) is 3.62. The number of guanidine groups is 1. The Kier molecular flexibility index (Phi) is 9.34. The highest BCUT2D eigenvalue weighted by Crippen LogP contribution is 2.21. The number of hydrogen-bond acceptors (Lipinski definition) is 5. The van der Waals surface area contributed by atoms with Crippen LogP contribution in [0.15, 0.2) is 4.99 Å². The van der Waals surface area contributed by atoms with Gasteiger partial charge in [0.15, 0.2) is 5.96 Å². The number of likely N-dealkylation sites (tertiary alicyclic amines) is 1. The molecule has 2 aliphatic heterocycles. The van der Waals surface area contributed by atoms with Crippen molar-refractivity contribution in [2.45, 2.75) is 45.6 Å². The summed E-state index contributed by atoms with van der Waals surface area (Å²) >= 11 is 0. The Balaban J connectivity index is 1.92. The fourth-order valence-electron chi connectivity index (χ4n) is 4.36. The quantitative estimate of drug-likeness (QED) is 0.410. The molecule has 1 atom stereocenters. The van der Waals surface area contributed by atoms with Crippen LogP contribution in [0.3, 0.4) is 0 Å². The first-order valence-electron chi connectivity index (χ1n) is 10.5. The molecule has 0 aromatic heterocycles. The minimum absolute atomic E-state index is 0.0232. The van der Waals surface area contributed by atoms with Crippen molar-refractivity contribution in [2.75, 3.05) is 60.1 Å². The van der Waals surface area contributed by atoms with E-state index in [1.165, 1.54) is 20.0 Å². The maximum absolute atomic E-state index is 11.7. The van der Waals surface area contributed by atoms with Gasteiger partial charge in [0.25, 0.3) is 0 Å². The average Bonchev–Trinajstić information content (AvgIpc) is 2.74. The molecule has 0 saturated carbocycles. The van der Waals surface area contributed by atoms with Crippen molar-refractivity contribution in [2.24, 2.45) is 16.8 Å². The van der Waals surface area contributed by atoms with Gasteiger partial charge < -0.3 is 19.7 Å². The van der Waals surface area contributed by atoms with E-state index < -0.39 is 0 Å². The number of nitrogens with zero attached hydrogens (tertiary/aromatic N) is 3. The molecule has 0 amide bonds. The number of rotatable bonds is 7. The number of esters is 1. The highest BCUT2D eigenvalue weighted by atomic mass is 16.5. The van der Waals surface area contributed by atoms with Crippen LogP contribution < -0.4 is 5.32 Å². The monoisotopic (exact) mass is 382 g/mol. The molecule has 7 heteroatoms. The molecule has 0 spiro atoms. The average molecular weight is 383 g/mol. The number of methoxy groups -OCH3 is 1. The van der Waals surface area contributed by atoms with Crippen molar-refractivity contribution >= 4 is 11.9 Å². The number of aliphatic imine (C=N–C) groups is 1. The lowest BCUT2D eigenvalue weighted by Crippen LogP contribution is -2.54. The zero-order chi connectivity index (χ0) is 19.6. The van der Waals surface area contributed by atoms with Crippen LogP contribution in [0.5, 0.6) is 0 Å². The molecule has 2 fully saturated rings. The predicted octanol–water partition coefficient (Wildman–Crippen LogP) is 1.58. The fraction of sp³-hybridized carbons (Fsp3) is 0.900. The van der Waals surface area contributed by atoms with Gasteiger partial charge in [-0.25, -0.2) is 0 Å². The van der Waals surface area contributed by atoms with Crippen molar-refractivity contribution in [3.05, 3.63) is 0 Å². The minimum atomic E-state index is -0.0845.